The summed E-state index contributed by atoms with van der Waals surface area (Å²) in [6.07, 6.45) is 2.87. The van der Waals surface area contributed by atoms with Gasteiger partial charge in [0.2, 0.25) is 5.91 Å². The van der Waals surface area contributed by atoms with Crippen LogP contribution in [0.2, 0.25) is 0 Å². The topological polar surface area (TPSA) is 82.2 Å². The summed E-state index contributed by atoms with van der Waals surface area (Å²) < 4.78 is 5.42. The van der Waals surface area contributed by atoms with Crippen molar-refractivity contribution < 1.29 is 19.1 Å². The van der Waals surface area contributed by atoms with Gasteiger partial charge in [-0.2, -0.15) is 0 Å². The van der Waals surface area contributed by atoms with E-state index in [1.165, 1.54) is 6.92 Å². The molecule has 176 valence electrons. The molecule has 1 unspecified atom stereocenters. The average Bonchev–Trinajstić information content (AvgIpc) is 2.75. The summed E-state index contributed by atoms with van der Waals surface area (Å²) in [5, 5.41) is 3.02. The summed E-state index contributed by atoms with van der Waals surface area (Å²) in [6, 6.07) is 5.43. The molecule has 0 spiro atoms. The SMILES string of the molecule is CCCCC1C(=O)Nc2cc(C(=O)N3CCN(C(C)(C)OC(C)=O)CC3)ccc2N1CC. The molecule has 1 fully saturated rings. The summed E-state index contributed by atoms with van der Waals surface area (Å²) >= 11 is 0. The Morgan fingerprint density at radius 2 is 1.84 bits per heavy atom. The van der Waals surface area contributed by atoms with Crippen LogP contribution >= 0.6 is 0 Å². The lowest BCUT2D eigenvalue weighted by molar-refractivity contribution is -0.177. The number of esters is 1. The van der Waals surface area contributed by atoms with E-state index >= 15 is 0 Å². The minimum absolute atomic E-state index is 0.00119. The molecule has 32 heavy (non-hydrogen) atoms. The van der Waals surface area contributed by atoms with Crippen LogP contribution in [-0.4, -0.2) is 72.1 Å². The third-order valence-corrected chi connectivity index (χ3v) is 6.38. The first-order valence-corrected chi connectivity index (χ1v) is 11.6. The highest BCUT2D eigenvalue weighted by Gasteiger charge is 2.35. The van der Waals surface area contributed by atoms with Gasteiger partial charge in [0.05, 0.1) is 11.4 Å². The maximum atomic E-state index is 13.2. The molecule has 1 atom stereocenters. The Morgan fingerprint density at radius 3 is 2.44 bits per heavy atom. The third kappa shape index (κ3) is 5.06. The summed E-state index contributed by atoms with van der Waals surface area (Å²) in [5.41, 5.74) is 1.54. The highest BCUT2D eigenvalue weighted by molar-refractivity contribution is 6.05. The molecule has 0 saturated carbocycles. The number of hydrogen-bond donors (Lipinski definition) is 1. The smallest absolute Gasteiger partial charge is 0.304 e. The number of carbonyl (C=O) groups is 3. The van der Waals surface area contributed by atoms with E-state index in [0.717, 1.165) is 31.5 Å². The van der Waals surface area contributed by atoms with Crippen molar-refractivity contribution in [2.75, 3.05) is 42.9 Å². The second-order valence-corrected chi connectivity index (χ2v) is 8.98. The van der Waals surface area contributed by atoms with E-state index in [1.54, 1.807) is 6.07 Å². The molecule has 8 heteroatoms. The number of rotatable bonds is 7. The van der Waals surface area contributed by atoms with Crippen LogP contribution in [0.5, 0.6) is 0 Å². The van der Waals surface area contributed by atoms with Gasteiger partial charge in [0.1, 0.15) is 6.04 Å². The van der Waals surface area contributed by atoms with Crippen LogP contribution in [0, 0.1) is 0 Å². The number of amides is 2. The molecule has 0 radical (unpaired) electrons. The normalized spacial score (nSPS) is 19.4. The van der Waals surface area contributed by atoms with Crippen molar-refractivity contribution in [2.45, 2.75) is 65.6 Å². The molecule has 0 aromatic heterocycles. The van der Waals surface area contributed by atoms with Crippen LogP contribution in [0.25, 0.3) is 0 Å². The van der Waals surface area contributed by atoms with E-state index in [-0.39, 0.29) is 23.8 Å². The monoisotopic (exact) mass is 444 g/mol. The van der Waals surface area contributed by atoms with Gasteiger partial charge in [-0.1, -0.05) is 19.8 Å². The first-order chi connectivity index (χ1) is 15.2. The summed E-state index contributed by atoms with van der Waals surface area (Å²) in [5.74, 6) is -0.371. The fraction of sp³-hybridized carbons (Fsp3) is 0.625. The van der Waals surface area contributed by atoms with E-state index in [2.05, 4.69) is 29.0 Å². The maximum absolute atomic E-state index is 13.2. The molecule has 1 aromatic rings. The lowest BCUT2D eigenvalue weighted by Crippen LogP contribution is -2.57. The number of likely N-dealkylation sites (N-methyl/N-ethyl adjacent to an activating group) is 1. The molecule has 2 heterocycles. The van der Waals surface area contributed by atoms with Gasteiger partial charge in [-0.3, -0.25) is 19.3 Å². The van der Waals surface area contributed by atoms with Gasteiger partial charge in [0.15, 0.2) is 5.72 Å². The van der Waals surface area contributed by atoms with Gasteiger partial charge in [0, 0.05) is 45.2 Å². The first-order valence-electron chi connectivity index (χ1n) is 11.6. The van der Waals surface area contributed by atoms with E-state index in [9.17, 15) is 14.4 Å². The van der Waals surface area contributed by atoms with E-state index in [1.807, 2.05) is 30.9 Å². The van der Waals surface area contributed by atoms with Gasteiger partial charge in [0.25, 0.3) is 5.91 Å². The van der Waals surface area contributed by atoms with E-state index < -0.39 is 5.72 Å². The molecule has 1 saturated heterocycles. The Balaban J connectivity index is 1.70. The summed E-state index contributed by atoms with van der Waals surface area (Å²) in [7, 11) is 0. The zero-order valence-electron chi connectivity index (χ0n) is 19.9. The number of nitrogens with zero attached hydrogens (tertiary/aromatic N) is 3. The minimum Gasteiger partial charge on any atom is -0.444 e. The molecule has 2 amide bonds. The standard InChI is InChI=1S/C24H36N4O4/c1-6-8-9-21-22(30)25-19-16-18(10-11-20(19)28(21)7-2)23(31)26-12-14-27(15-13-26)24(4,5)32-17(3)29/h10-11,16,21H,6-9,12-15H2,1-5H3,(H,25,30). The zero-order valence-corrected chi connectivity index (χ0v) is 19.9. The zero-order chi connectivity index (χ0) is 23.5. The van der Waals surface area contributed by atoms with Gasteiger partial charge < -0.3 is 19.9 Å². The van der Waals surface area contributed by atoms with Gasteiger partial charge in [-0.15, -0.1) is 0 Å². The van der Waals surface area contributed by atoms with E-state index in [4.69, 9.17) is 4.74 Å². The number of piperazine rings is 1. The minimum atomic E-state index is -0.699. The second-order valence-electron chi connectivity index (χ2n) is 8.98. The Bertz CT molecular complexity index is 862. The van der Waals surface area contributed by atoms with Crippen molar-refractivity contribution in [3.63, 3.8) is 0 Å². The number of fused-ring (bicyclic) bond motifs is 1. The summed E-state index contributed by atoms with van der Waals surface area (Å²) in [6.45, 7) is 12.4. The van der Waals surface area contributed by atoms with Crippen LogP contribution in [0.15, 0.2) is 18.2 Å². The molecular formula is C24H36N4O4. The number of carbonyl (C=O) groups excluding carboxylic acids is 3. The Hall–Kier alpha value is -2.61. The van der Waals surface area contributed by atoms with Crippen molar-refractivity contribution in [3.05, 3.63) is 23.8 Å². The Labute approximate surface area is 190 Å². The Kier molecular flexibility index (Phi) is 7.44. The second kappa shape index (κ2) is 9.90. The number of anilines is 2. The average molecular weight is 445 g/mol. The largest absolute Gasteiger partial charge is 0.444 e. The predicted octanol–water partition coefficient (Wildman–Crippen LogP) is 3.08. The fourth-order valence-electron chi connectivity index (χ4n) is 4.67. The number of ether oxygens (including phenoxy) is 1. The molecular weight excluding hydrogens is 408 g/mol. The number of nitrogens with one attached hydrogen (secondary N) is 1. The molecule has 8 nitrogen and oxygen atoms in total. The van der Waals surface area contributed by atoms with Gasteiger partial charge in [-0.05, 0) is 45.4 Å². The molecule has 1 aromatic carbocycles. The van der Waals surface area contributed by atoms with Crippen molar-refractivity contribution in [2.24, 2.45) is 0 Å². The maximum Gasteiger partial charge on any atom is 0.304 e. The molecule has 1 N–H and O–H groups in total. The van der Waals surface area contributed by atoms with Crippen LogP contribution < -0.4 is 10.2 Å². The lowest BCUT2D eigenvalue weighted by Gasteiger charge is -2.43. The fourth-order valence-corrected chi connectivity index (χ4v) is 4.67. The van der Waals surface area contributed by atoms with Crippen molar-refractivity contribution in [1.29, 1.82) is 0 Å². The molecule has 0 aliphatic carbocycles. The van der Waals surface area contributed by atoms with Crippen LogP contribution in [0.4, 0.5) is 11.4 Å². The highest BCUT2D eigenvalue weighted by Crippen LogP contribution is 2.34. The van der Waals surface area contributed by atoms with Crippen LogP contribution in [0.3, 0.4) is 0 Å². The van der Waals surface area contributed by atoms with Crippen molar-refractivity contribution in [1.82, 2.24) is 9.80 Å². The molecule has 2 aliphatic heterocycles. The molecule has 3 rings (SSSR count). The van der Waals surface area contributed by atoms with Crippen molar-refractivity contribution in [3.8, 4) is 0 Å². The van der Waals surface area contributed by atoms with Crippen LogP contribution in [-0.2, 0) is 14.3 Å². The van der Waals surface area contributed by atoms with Crippen molar-refractivity contribution >= 4 is 29.2 Å². The van der Waals surface area contributed by atoms with Gasteiger partial charge in [-0.25, -0.2) is 0 Å². The first kappa shape index (κ1) is 24.0. The van der Waals surface area contributed by atoms with Crippen LogP contribution in [0.1, 0.15) is 64.2 Å². The molecule has 2 aliphatic rings. The van der Waals surface area contributed by atoms with E-state index in [0.29, 0.717) is 37.4 Å². The third-order valence-electron chi connectivity index (χ3n) is 6.38. The molecule has 0 bridgehead atoms. The number of benzene rings is 1. The van der Waals surface area contributed by atoms with Gasteiger partial charge >= 0.3 is 5.97 Å². The summed E-state index contributed by atoms with van der Waals surface area (Å²) in [4.78, 5) is 43.3. The quantitative estimate of drug-likeness (QED) is 0.651. The number of hydrogen-bond acceptors (Lipinski definition) is 6. The highest BCUT2D eigenvalue weighted by atomic mass is 16.6. The number of unbranched alkanes of at least 4 members (excludes halogenated alkanes) is 1. The lowest BCUT2D eigenvalue weighted by atomic mass is 10.0. The Morgan fingerprint density at radius 1 is 1.16 bits per heavy atom. The predicted molar refractivity (Wildman–Crippen MR) is 125 cm³/mol.